The molecule has 2 fully saturated rings. The summed E-state index contributed by atoms with van der Waals surface area (Å²) in [6, 6.07) is 7.75. The van der Waals surface area contributed by atoms with E-state index in [0.717, 1.165) is 44.7 Å². The van der Waals surface area contributed by atoms with E-state index in [1.54, 1.807) is 12.1 Å². The lowest BCUT2D eigenvalue weighted by molar-refractivity contribution is -0.138. The van der Waals surface area contributed by atoms with E-state index in [1.807, 2.05) is 24.1 Å². The topological polar surface area (TPSA) is 47.0 Å². The molecule has 1 aliphatic heterocycles. The highest BCUT2D eigenvalue weighted by Gasteiger charge is 2.30. The van der Waals surface area contributed by atoms with Gasteiger partial charge in [0, 0.05) is 45.0 Å². The van der Waals surface area contributed by atoms with Crippen molar-refractivity contribution in [1.29, 1.82) is 0 Å². The fourth-order valence-corrected chi connectivity index (χ4v) is 4.13. The third-order valence-corrected chi connectivity index (χ3v) is 5.90. The van der Waals surface area contributed by atoms with Crippen molar-refractivity contribution in [1.82, 2.24) is 9.80 Å². The predicted octanol–water partition coefficient (Wildman–Crippen LogP) is 2.69. The Bertz CT molecular complexity index is 561. The highest BCUT2D eigenvalue weighted by atomic mass is 16.3. The Balaban J connectivity index is 1.52. The molecule has 1 N–H and O–H groups in total. The fraction of sp³-hybridized carbons (Fsp3) is 0.650. The van der Waals surface area contributed by atoms with Gasteiger partial charge < -0.3 is 14.9 Å². The number of carbonyl (C=O) groups excluding carboxylic acids is 1. The van der Waals surface area contributed by atoms with Gasteiger partial charge in [-0.25, -0.2) is 0 Å². The van der Waals surface area contributed by atoms with E-state index in [9.17, 15) is 9.90 Å². The maximum atomic E-state index is 12.9. The van der Waals surface area contributed by atoms with Crippen molar-refractivity contribution >= 4 is 11.6 Å². The average molecular weight is 345 g/mol. The summed E-state index contributed by atoms with van der Waals surface area (Å²) in [7, 11) is 1.99. The van der Waals surface area contributed by atoms with E-state index >= 15 is 0 Å². The molecule has 0 unspecified atom stereocenters. The quantitative estimate of drug-likeness (QED) is 0.911. The molecule has 1 heterocycles. The molecule has 5 nitrogen and oxygen atoms in total. The predicted molar refractivity (Wildman–Crippen MR) is 101 cm³/mol. The first-order valence-electron chi connectivity index (χ1n) is 9.61. The first-order chi connectivity index (χ1) is 12.1. The van der Waals surface area contributed by atoms with Gasteiger partial charge in [-0.3, -0.25) is 9.69 Å². The number of benzene rings is 1. The van der Waals surface area contributed by atoms with E-state index < -0.39 is 0 Å². The molecule has 1 amide bonds. The number of carbonyl (C=O) groups is 1. The minimum atomic E-state index is -0.0473. The highest BCUT2D eigenvalue weighted by molar-refractivity contribution is 5.81. The van der Waals surface area contributed by atoms with Gasteiger partial charge in [0.05, 0.1) is 6.04 Å². The fourth-order valence-electron chi connectivity index (χ4n) is 4.13. The molecule has 138 valence electrons. The number of rotatable bonds is 4. The maximum absolute atomic E-state index is 12.9. The molecule has 1 saturated heterocycles. The Morgan fingerprint density at radius 1 is 1.08 bits per heavy atom. The van der Waals surface area contributed by atoms with Crippen LogP contribution in [-0.4, -0.2) is 66.1 Å². The van der Waals surface area contributed by atoms with Crippen molar-refractivity contribution in [2.75, 3.05) is 38.1 Å². The lowest BCUT2D eigenvalue weighted by atomic mass is 9.94. The summed E-state index contributed by atoms with van der Waals surface area (Å²) < 4.78 is 0. The molecule has 1 aromatic carbocycles. The van der Waals surface area contributed by atoms with Gasteiger partial charge in [-0.15, -0.1) is 0 Å². The van der Waals surface area contributed by atoms with Crippen LogP contribution in [0.5, 0.6) is 5.75 Å². The molecule has 1 saturated carbocycles. The first-order valence-corrected chi connectivity index (χ1v) is 9.61. The van der Waals surface area contributed by atoms with Gasteiger partial charge in [0.1, 0.15) is 5.75 Å². The van der Waals surface area contributed by atoms with E-state index in [1.165, 1.54) is 19.3 Å². The SMILES string of the molecule is C[C@H](C(=O)N(C)C1CCCCC1)N1CCN(c2ccc(O)cc2)CC1. The number of hydrogen-bond donors (Lipinski definition) is 1. The molecule has 2 aliphatic rings. The number of amides is 1. The standard InChI is InChI=1S/C20H31N3O2/c1-16(20(25)21(2)17-6-4-3-5-7-17)22-12-14-23(15-13-22)18-8-10-19(24)11-9-18/h8-11,16-17,24H,3-7,12-15H2,1-2H3/t16-/m1/s1. The second-order valence-electron chi connectivity index (χ2n) is 7.46. The molecule has 0 bridgehead atoms. The van der Waals surface area contributed by atoms with Crippen LogP contribution in [0.4, 0.5) is 5.69 Å². The van der Waals surface area contributed by atoms with Gasteiger partial charge in [-0.2, -0.15) is 0 Å². The summed E-state index contributed by atoms with van der Waals surface area (Å²) in [5.74, 6) is 0.567. The third kappa shape index (κ3) is 4.27. The third-order valence-electron chi connectivity index (χ3n) is 5.90. The number of phenols is 1. The summed E-state index contributed by atoms with van der Waals surface area (Å²) in [4.78, 5) is 19.5. The zero-order chi connectivity index (χ0) is 17.8. The number of anilines is 1. The molecule has 3 rings (SSSR count). The Kier molecular flexibility index (Phi) is 5.84. The normalized spacial score (nSPS) is 21.1. The highest BCUT2D eigenvalue weighted by Crippen LogP contribution is 2.24. The molecular weight excluding hydrogens is 314 g/mol. The Morgan fingerprint density at radius 2 is 1.68 bits per heavy atom. The van der Waals surface area contributed by atoms with Crippen molar-refractivity contribution in [3.63, 3.8) is 0 Å². The summed E-state index contributed by atoms with van der Waals surface area (Å²) in [6.07, 6.45) is 6.13. The van der Waals surface area contributed by atoms with Crippen molar-refractivity contribution in [2.24, 2.45) is 0 Å². The Hall–Kier alpha value is -1.75. The van der Waals surface area contributed by atoms with Gasteiger partial charge >= 0.3 is 0 Å². The largest absolute Gasteiger partial charge is 0.508 e. The molecule has 0 radical (unpaired) electrons. The van der Waals surface area contributed by atoms with Crippen LogP contribution in [0.2, 0.25) is 0 Å². The number of nitrogens with zero attached hydrogens (tertiary/aromatic N) is 3. The van der Waals surface area contributed by atoms with Crippen molar-refractivity contribution < 1.29 is 9.90 Å². The Morgan fingerprint density at radius 3 is 2.28 bits per heavy atom. The number of aromatic hydroxyl groups is 1. The van der Waals surface area contributed by atoms with Crippen LogP contribution in [0.3, 0.4) is 0 Å². The van der Waals surface area contributed by atoms with Gasteiger partial charge in [-0.1, -0.05) is 19.3 Å². The van der Waals surface area contributed by atoms with Crippen LogP contribution in [-0.2, 0) is 4.79 Å². The lowest BCUT2D eigenvalue weighted by Gasteiger charge is -2.41. The monoisotopic (exact) mass is 345 g/mol. The maximum Gasteiger partial charge on any atom is 0.239 e. The second kappa shape index (κ2) is 8.09. The van der Waals surface area contributed by atoms with Gasteiger partial charge in [0.15, 0.2) is 0 Å². The molecule has 0 spiro atoms. The first kappa shape index (κ1) is 18.1. The number of piperazine rings is 1. The van der Waals surface area contributed by atoms with E-state index in [0.29, 0.717) is 11.8 Å². The summed E-state index contributed by atoms with van der Waals surface area (Å²) >= 11 is 0. The molecule has 1 atom stereocenters. The van der Waals surface area contributed by atoms with Crippen molar-refractivity contribution in [3.8, 4) is 5.75 Å². The molecule has 5 heteroatoms. The molecule has 0 aromatic heterocycles. The summed E-state index contributed by atoms with van der Waals surface area (Å²) in [5.41, 5.74) is 1.13. The summed E-state index contributed by atoms with van der Waals surface area (Å²) in [6.45, 7) is 5.67. The van der Waals surface area contributed by atoms with Crippen LogP contribution in [0.1, 0.15) is 39.0 Å². The molecule has 25 heavy (non-hydrogen) atoms. The smallest absolute Gasteiger partial charge is 0.239 e. The number of phenolic OH excluding ortho intramolecular Hbond substituents is 1. The molecule has 1 aliphatic carbocycles. The van der Waals surface area contributed by atoms with Crippen LogP contribution < -0.4 is 4.90 Å². The lowest BCUT2D eigenvalue weighted by Crippen LogP contribution is -2.55. The van der Waals surface area contributed by atoms with Gasteiger partial charge in [0.25, 0.3) is 0 Å². The average Bonchev–Trinajstić information content (AvgIpc) is 2.67. The van der Waals surface area contributed by atoms with E-state index in [4.69, 9.17) is 0 Å². The van der Waals surface area contributed by atoms with Crippen molar-refractivity contribution in [2.45, 2.75) is 51.1 Å². The van der Waals surface area contributed by atoms with Crippen LogP contribution in [0.25, 0.3) is 0 Å². The molecule has 1 aromatic rings. The van der Waals surface area contributed by atoms with Gasteiger partial charge in [-0.05, 0) is 44.0 Å². The molecular formula is C20H31N3O2. The van der Waals surface area contributed by atoms with Crippen molar-refractivity contribution in [3.05, 3.63) is 24.3 Å². The van der Waals surface area contributed by atoms with E-state index in [2.05, 4.69) is 16.7 Å². The summed E-state index contributed by atoms with van der Waals surface area (Å²) in [5, 5.41) is 9.42. The van der Waals surface area contributed by atoms with Crippen LogP contribution in [0, 0.1) is 0 Å². The minimum absolute atomic E-state index is 0.0473. The van der Waals surface area contributed by atoms with E-state index in [-0.39, 0.29) is 11.9 Å². The number of hydrogen-bond acceptors (Lipinski definition) is 4. The zero-order valence-electron chi connectivity index (χ0n) is 15.5. The number of likely N-dealkylation sites (N-methyl/N-ethyl adjacent to an activating group) is 1. The second-order valence-corrected chi connectivity index (χ2v) is 7.46. The Labute approximate surface area is 151 Å². The van der Waals surface area contributed by atoms with Crippen LogP contribution in [0.15, 0.2) is 24.3 Å². The zero-order valence-corrected chi connectivity index (χ0v) is 15.5. The van der Waals surface area contributed by atoms with Gasteiger partial charge in [0.2, 0.25) is 5.91 Å². The minimum Gasteiger partial charge on any atom is -0.508 e. The van der Waals surface area contributed by atoms with Crippen LogP contribution >= 0.6 is 0 Å².